The normalized spacial score (nSPS) is 10.4. The number of nitrogens with two attached hydrogens (primary N) is 1. The third-order valence-corrected chi connectivity index (χ3v) is 3.41. The lowest BCUT2D eigenvalue weighted by Gasteiger charge is -2.07. The van der Waals surface area contributed by atoms with Crippen LogP contribution in [0.3, 0.4) is 0 Å². The van der Waals surface area contributed by atoms with Crippen LogP contribution in [0.25, 0.3) is 0 Å². The lowest BCUT2D eigenvalue weighted by Crippen LogP contribution is -2.02. The molecule has 2 rings (SSSR count). The second-order valence-electron chi connectivity index (χ2n) is 4.00. The molecule has 1 heterocycles. The molecule has 94 valence electrons. The molecule has 0 aliphatic rings. The lowest BCUT2D eigenvalue weighted by atomic mass is 10.1. The second kappa shape index (κ2) is 5.98. The van der Waals surface area contributed by atoms with Crippen molar-refractivity contribution in [1.82, 2.24) is 4.98 Å². The summed E-state index contributed by atoms with van der Waals surface area (Å²) in [6.45, 7) is 2.59. The van der Waals surface area contributed by atoms with Crippen LogP contribution < -0.4 is 10.5 Å². The first kappa shape index (κ1) is 13.1. The first-order chi connectivity index (χ1) is 8.69. The Morgan fingerprint density at radius 2 is 1.89 bits per heavy atom. The Kier molecular flexibility index (Phi) is 4.33. The Balaban J connectivity index is 2.10. The van der Waals surface area contributed by atoms with E-state index in [1.165, 1.54) is 5.56 Å². The summed E-state index contributed by atoms with van der Waals surface area (Å²) >= 11 is 3.41. The molecule has 3 nitrogen and oxygen atoms in total. The molecule has 1 aromatic heterocycles. The molecule has 2 aromatic rings. The van der Waals surface area contributed by atoms with Crippen molar-refractivity contribution in [2.75, 3.05) is 6.54 Å². The van der Waals surface area contributed by atoms with Crippen LogP contribution in [-0.2, 0) is 6.42 Å². The number of ether oxygens (including phenoxy) is 1. The topological polar surface area (TPSA) is 48.1 Å². The summed E-state index contributed by atoms with van der Waals surface area (Å²) in [5, 5.41) is 0. The zero-order valence-electron chi connectivity index (χ0n) is 10.2. The zero-order valence-corrected chi connectivity index (χ0v) is 11.8. The maximum absolute atomic E-state index is 5.68. The Bertz CT molecular complexity index is 526. The summed E-state index contributed by atoms with van der Waals surface area (Å²) in [4.78, 5) is 4.34. The number of hydrogen-bond donors (Lipinski definition) is 1. The minimum Gasteiger partial charge on any atom is -0.439 e. The van der Waals surface area contributed by atoms with E-state index in [2.05, 4.69) is 20.9 Å². The van der Waals surface area contributed by atoms with Gasteiger partial charge in [-0.2, -0.15) is 0 Å². The van der Waals surface area contributed by atoms with Crippen molar-refractivity contribution in [2.24, 2.45) is 5.73 Å². The average molecular weight is 307 g/mol. The van der Waals surface area contributed by atoms with E-state index < -0.39 is 0 Å². The molecule has 0 aliphatic carbocycles. The molecule has 0 saturated carbocycles. The average Bonchev–Trinajstić information content (AvgIpc) is 2.37. The number of halogens is 1. The number of nitrogens with zero attached hydrogens (tertiary/aromatic N) is 1. The number of pyridine rings is 1. The van der Waals surface area contributed by atoms with Crippen LogP contribution in [-0.4, -0.2) is 11.5 Å². The Morgan fingerprint density at radius 3 is 2.50 bits per heavy atom. The third-order valence-electron chi connectivity index (χ3n) is 2.57. The number of hydrogen-bond acceptors (Lipinski definition) is 3. The van der Waals surface area contributed by atoms with Gasteiger partial charge >= 0.3 is 0 Å². The Hall–Kier alpha value is -1.39. The van der Waals surface area contributed by atoms with Crippen molar-refractivity contribution in [3.63, 3.8) is 0 Å². The fourth-order valence-electron chi connectivity index (χ4n) is 1.59. The van der Waals surface area contributed by atoms with Crippen molar-refractivity contribution in [3.05, 3.63) is 52.1 Å². The minimum atomic E-state index is 0.599. The van der Waals surface area contributed by atoms with Crippen molar-refractivity contribution in [3.8, 4) is 11.6 Å². The van der Waals surface area contributed by atoms with Crippen LogP contribution in [0.15, 0.2) is 40.9 Å². The van der Waals surface area contributed by atoms with Gasteiger partial charge < -0.3 is 10.5 Å². The maximum atomic E-state index is 5.68. The molecule has 2 N–H and O–H groups in total. The third kappa shape index (κ3) is 3.31. The van der Waals surface area contributed by atoms with E-state index >= 15 is 0 Å². The number of aromatic nitrogens is 1. The van der Waals surface area contributed by atoms with Gasteiger partial charge in [0.15, 0.2) is 0 Å². The fraction of sp³-hybridized carbons (Fsp3) is 0.214. The van der Waals surface area contributed by atoms with E-state index in [4.69, 9.17) is 10.5 Å². The highest BCUT2D eigenvalue weighted by Gasteiger charge is 2.02. The summed E-state index contributed by atoms with van der Waals surface area (Å²) < 4.78 is 6.66. The molecular weight excluding hydrogens is 292 g/mol. The number of rotatable bonds is 4. The molecule has 4 heteroatoms. The van der Waals surface area contributed by atoms with Gasteiger partial charge in [-0.25, -0.2) is 4.98 Å². The molecular formula is C14H15BrN2O. The van der Waals surface area contributed by atoms with Gasteiger partial charge in [0.25, 0.3) is 0 Å². The molecule has 18 heavy (non-hydrogen) atoms. The van der Waals surface area contributed by atoms with Crippen molar-refractivity contribution >= 4 is 15.9 Å². The summed E-state index contributed by atoms with van der Waals surface area (Å²) in [5.41, 5.74) is 7.63. The summed E-state index contributed by atoms with van der Waals surface area (Å²) in [7, 11) is 0. The van der Waals surface area contributed by atoms with Gasteiger partial charge in [0.2, 0.25) is 5.88 Å². The van der Waals surface area contributed by atoms with Gasteiger partial charge in [0.05, 0.1) is 5.69 Å². The first-order valence-corrected chi connectivity index (χ1v) is 6.58. The van der Waals surface area contributed by atoms with Gasteiger partial charge in [-0.05, 0) is 59.6 Å². The van der Waals surface area contributed by atoms with Crippen molar-refractivity contribution in [1.29, 1.82) is 0 Å². The zero-order chi connectivity index (χ0) is 13.0. The van der Waals surface area contributed by atoms with Crippen LogP contribution in [0, 0.1) is 6.92 Å². The van der Waals surface area contributed by atoms with Gasteiger partial charge in [-0.1, -0.05) is 12.1 Å². The summed E-state index contributed by atoms with van der Waals surface area (Å²) in [6.07, 6.45) is 0.885. The molecule has 0 aliphatic heterocycles. The number of aryl methyl sites for hydroxylation is 1. The predicted octanol–water partition coefficient (Wildman–Crippen LogP) is 3.45. The van der Waals surface area contributed by atoms with E-state index in [0.717, 1.165) is 22.3 Å². The highest BCUT2D eigenvalue weighted by Crippen LogP contribution is 2.23. The van der Waals surface area contributed by atoms with Crippen LogP contribution in [0.5, 0.6) is 11.6 Å². The summed E-state index contributed by atoms with van der Waals surface area (Å²) in [6, 6.07) is 11.7. The van der Waals surface area contributed by atoms with Crippen LogP contribution >= 0.6 is 15.9 Å². The Labute approximate surface area is 115 Å². The second-order valence-corrected chi connectivity index (χ2v) is 4.86. The number of benzene rings is 1. The summed E-state index contributed by atoms with van der Waals surface area (Å²) in [5.74, 6) is 1.38. The molecule has 0 saturated heterocycles. The molecule has 0 amide bonds. The molecule has 0 spiro atoms. The van der Waals surface area contributed by atoms with Gasteiger partial charge in [-0.15, -0.1) is 0 Å². The SMILES string of the molecule is Cc1nc(Oc2ccc(CCN)cc2)ccc1Br. The molecule has 0 bridgehead atoms. The van der Waals surface area contributed by atoms with Gasteiger partial charge in [-0.3, -0.25) is 0 Å². The molecule has 0 unspecified atom stereocenters. The largest absolute Gasteiger partial charge is 0.439 e. The molecule has 1 aromatic carbocycles. The minimum absolute atomic E-state index is 0.599. The van der Waals surface area contributed by atoms with E-state index in [1.807, 2.05) is 43.3 Å². The van der Waals surface area contributed by atoms with Crippen LogP contribution in [0.2, 0.25) is 0 Å². The van der Waals surface area contributed by atoms with E-state index in [0.29, 0.717) is 12.4 Å². The van der Waals surface area contributed by atoms with Crippen LogP contribution in [0.1, 0.15) is 11.3 Å². The molecule has 0 radical (unpaired) electrons. The predicted molar refractivity (Wildman–Crippen MR) is 75.9 cm³/mol. The maximum Gasteiger partial charge on any atom is 0.219 e. The van der Waals surface area contributed by atoms with Crippen molar-refractivity contribution in [2.45, 2.75) is 13.3 Å². The highest BCUT2D eigenvalue weighted by atomic mass is 79.9. The van der Waals surface area contributed by atoms with Gasteiger partial charge in [0.1, 0.15) is 5.75 Å². The van der Waals surface area contributed by atoms with E-state index in [-0.39, 0.29) is 0 Å². The monoisotopic (exact) mass is 306 g/mol. The fourth-order valence-corrected chi connectivity index (χ4v) is 1.81. The van der Waals surface area contributed by atoms with Gasteiger partial charge in [0, 0.05) is 10.5 Å². The first-order valence-electron chi connectivity index (χ1n) is 5.79. The van der Waals surface area contributed by atoms with Crippen molar-refractivity contribution < 1.29 is 4.74 Å². The van der Waals surface area contributed by atoms with E-state index in [9.17, 15) is 0 Å². The van der Waals surface area contributed by atoms with E-state index in [1.54, 1.807) is 0 Å². The lowest BCUT2D eigenvalue weighted by molar-refractivity contribution is 0.461. The van der Waals surface area contributed by atoms with Crippen LogP contribution in [0.4, 0.5) is 0 Å². The molecule has 0 fully saturated rings. The Morgan fingerprint density at radius 1 is 1.17 bits per heavy atom. The highest BCUT2D eigenvalue weighted by molar-refractivity contribution is 9.10. The quantitative estimate of drug-likeness (QED) is 0.941. The molecule has 0 atom stereocenters. The smallest absolute Gasteiger partial charge is 0.219 e. The standard InChI is InChI=1S/C14H15BrN2O/c1-10-13(15)6-7-14(17-10)18-12-4-2-11(3-5-12)8-9-16/h2-7H,8-9,16H2,1H3.